The molecule has 1 N–H and O–H groups in total. The summed E-state index contributed by atoms with van der Waals surface area (Å²) < 4.78 is 31.0. The molecule has 2 atom stereocenters. The first-order valence-corrected chi connectivity index (χ1v) is 5.23. The molecule has 0 heterocycles. The fourth-order valence-electron chi connectivity index (χ4n) is 1.37. The number of ether oxygens (including phenoxy) is 1. The molecule has 1 rings (SSSR count). The van der Waals surface area contributed by atoms with Crippen LogP contribution in [0.4, 0.5) is 8.78 Å². The van der Waals surface area contributed by atoms with E-state index in [9.17, 15) is 13.6 Å². The highest BCUT2D eigenvalue weighted by molar-refractivity contribution is 5.80. The van der Waals surface area contributed by atoms with Gasteiger partial charge in [0, 0.05) is 18.7 Å². The van der Waals surface area contributed by atoms with Gasteiger partial charge < -0.3 is 10.1 Å². The number of benzene rings is 1. The maximum absolute atomic E-state index is 13.4. The standard InChI is InChI=1S/C12H15F2NO2/c1-7(15-12(16)8(2)17-3)10-5-4-9(13)6-11(10)14/h4-8H,1-3H3,(H,15,16). The van der Waals surface area contributed by atoms with Crippen molar-refractivity contribution in [1.29, 1.82) is 0 Å². The van der Waals surface area contributed by atoms with E-state index in [2.05, 4.69) is 5.32 Å². The highest BCUT2D eigenvalue weighted by Crippen LogP contribution is 2.17. The molecule has 0 fully saturated rings. The lowest BCUT2D eigenvalue weighted by Gasteiger charge is -2.17. The number of carbonyl (C=O) groups is 1. The molecule has 0 aliphatic heterocycles. The summed E-state index contributed by atoms with van der Waals surface area (Å²) in [6.45, 7) is 3.21. The third kappa shape index (κ3) is 3.49. The van der Waals surface area contributed by atoms with Crippen molar-refractivity contribution < 1.29 is 18.3 Å². The minimum atomic E-state index is -0.678. The van der Waals surface area contributed by atoms with Crippen LogP contribution in [0.3, 0.4) is 0 Å². The molecule has 0 bridgehead atoms. The Morgan fingerprint density at radius 2 is 2.00 bits per heavy atom. The fraction of sp³-hybridized carbons (Fsp3) is 0.417. The van der Waals surface area contributed by atoms with Crippen molar-refractivity contribution in [2.45, 2.75) is 26.0 Å². The van der Waals surface area contributed by atoms with Gasteiger partial charge in [-0.2, -0.15) is 0 Å². The molecule has 94 valence electrons. The van der Waals surface area contributed by atoms with Crippen molar-refractivity contribution in [3.63, 3.8) is 0 Å². The zero-order chi connectivity index (χ0) is 13.0. The first-order chi connectivity index (χ1) is 7.95. The normalized spacial score (nSPS) is 14.2. The summed E-state index contributed by atoms with van der Waals surface area (Å²) in [6.07, 6.45) is -0.610. The van der Waals surface area contributed by atoms with Crippen LogP contribution in [0.5, 0.6) is 0 Å². The summed E-state index contributed by atoms with van der Waals surface area (Å²) in [5, 5.41) is 2.58. The topological polar surface area (TPSA) is 38.3 Å². The zero-order valence-corrected chi connectivity index (χ0v) is 9.96. The monoisotopic (exact) mass is 243 g/mol. The van der Waals surface area contributed by atoms with E-state index >= 15 is 0 Å². The predicted octanol–water partition coefficient (Wildman–Crippen LogP) is 2.18. The summed E-state index contributed by atoms with van der Waals surface area (Å²) in [6, 6.07) is 2.71. The molecule has 5 heteroatoms. The number of carbonyl (C=O) groups excluding carboxylic acids is 1. The smallest absolute Gasteiger partial charge is 0.249 e. The molecule has 1 aromatic rings. The molecule has 0 aromatic heterocycles. The van der Waals surface area contributed by atoms with Gasteiger partial charge in [-0.15, -0.1) is 0 Å². The van der Waals surface area contributed by atoms with Gasteiger partial charge in [-0.1, -0.05) is 6.07 Å². The highest BCUT2D eigenvalue weighted by Gasteiger charge is 2.17. The van der Waals surface area contributed by atoms with Gasteiger partial charge in [-0.05, 0) is 19.9 Å². The third-order valence-electron chi connectivity index (χ3n) is 2.51. The van der Waals surface area contributed by atoms with Gasteiger partial charge in [0.2, 0.25) is 5.91 Å². The maximum Gasteiger partial charge on any atom is 0.249 e. The van der Waals surface area contributed by atoms with Gasteiger partial charge in [-0.25, -0.2) is 8.78 Å². The Morgan fingerprint density at radius 3 is 2.53 bits per heavy atom. The molecule has 0 spiro atoms. The Kier molecular flexibility index (Phi) is 4.57. The van der Waals surface area contributed by atoms with E-state index < -0.39 is 23.8 Å². The van der Waals surface area contributed by atoms with Crippen LogP contribution in [0.2, 0.25) is 0 Å². The number of nitrogens with one attached hydrogen (secondary N) is 1. The van der Waals surface area contributed by atoms with Crippen molar-refractivity contribution >= 4 is 5.91 Å². The summed E-state index contributed by atoms with van der Waals surface area (Å²) in [7, 11) is 1.41. The van der Waals surface area contributed by atoms with Crippen molar-refractivity contribution in [3.05, 3.63) is 35.4 Å². The molecular formula is C12H15F2NO2. The van der Waals surface area contributed by atoms with E-state index in [-0.39, 0.29) is 11.5 Å². The van der Waals surface area contributed by atoms with E-state index in [1.165, 1.54) is 13.2 Å². The lowest BCUT2D eigenvalue weighted by molar-refractivity contribution is -0.130. The minimum Gasteiger partial charge on any atom is -0.372 e. The average molecular weight is 243 g/mol. The van der Waals surface area contributed by atoms with E-state index in [1.54, 1.807) is 13.8 Å². The molecule has 0 saturated carbocycles. The Balaban J connectivity index is 2.76. The molecular weight excluding hydrogens is 228 g/mol. The van der Waals surface area contributed by atoms with Crippen LogP contribution in [0.25, 0.3) is 0 Å². The number of hydrogen-bond donors (Lipinski definition) is 1. The molecule has 2 unspecified atom stereocenters. The van der Waals surface area contributed by atoms with Gasteiger partial charge in [0.1, 0.15) is 17.7 Å². The van der Waals surface area contributed by atoms with Crippen LogP contribution >= 0.6 is 0 Å². The first kappa shape index (κ1) is 13.6. The van der Waals surface area contributed by atoms with Crippen LogP contribution in [0.15, 0.2) is 18.2 Å². The van der Waals surface area contributed by atoms with E-state index in [1.807, 2.05) is 0 Å². The van der Waals surface area contributed by atoms with Crippen molar-refractivity contribution in [2.75, 3.05) is 7.11 Å². The Labute approximate surface area is 98.8 Å². The lowest BCUT2D eigenvalue weighted by Crippen LogP contribution is -2.35. The van der Waals surface area contributed by atoms with E-state index in [0.717, 1.165) is 12.1 Å². The Hall–Kier alpha value is -1.49. The number of hydrogen-bond acceptors (Lipinski definition) is 2. The SMILES string of the molecule is COC(C)C(=O)NC(C)c1ccc(F)cc1F. The quantitative estimate of drug-likeness (QED) is 0.880. The van der Waals surface area contributed by atoms with Crippen molar-refractivity contribution in [2.24, 2.45) is 0 Å². The fourth-order valence-corrected chi connectivity index (χ4v) is 1.37. The Morgan fingerprint density at radius 1 is 1.35 bits per heavy atom. The van der Waals surface area contributed by atoms with Gasteiger partial charge >= 0.3 is 0 Å². The van der Waals surface area contributed by atoms with Crippen molar-refractivity contribution in [3.8, 4) is 0 Å². The number of rotatable bonds is 4. The Bertz CT molecular complexity index is 409. The van der Waals surface area contributed by atoms with Crippen LogP contribution in [-0.4, -0.2) is 19.1 Å². The number of amides is 1. The minimum absolute atomic E-state index is 0.239. The zero-order valence-electron chi connectivity index (χ0n) is 9.96. The number of methoxy groups -OCH3 is 1. The van der Waals surface area contributed by atoms with Gasteiger partial charge in [0.15, 0.2) is 0 Å². The van der Waals surface area contributed by atoms with E-state index in [4.69, 9.17) is 4.74 Å². The molecule has 0 aliphatic rings. The molecule has 0 aliphatic carbocycles. The largest absolute Gasteiger partial charge is 0.372 e. The summed E-state index contributed by atoms with van der Waals surface area (Å²) >= 11 is 0. The average Bonchev–Trinajstić information content (AvgIpc) is 2.27. The van der Waals surface area contributed by atoms with Crippen molar-refractivity contribution in [1.82, 2.24) is 5.32 Å². The van der Waals surface area contributed by atoms with E-state index in [0.29, 0.717) is 0 Å². The lowest BCUT2D eigenvalue weighted by atomic mass is 10.1. The third-order valence-corrected chi connectivity index (χ3v) is 2.51. The van der Waals surface area contributed by atoms with Crippen LogP contribution < -0.4 is 5.32 Å². The van der Waals surface area contributed by atoms with Gasteiger partial charge in [-0.3, -0.25) is 4.79 Å². The number of halogens is 2. The highest BCUT2D eigenvalue weighted by atomic mass is 19.1. The van der Waals surface area contributed by atoms with Gasteiger partial charge in [0.25, 0.3) is 0 Å². The molecule has 17 heavy (non-hydrogen) atoms. The molecule has 0 radical (unpaired) electrons. The second-order valence-electron chi connectivity index (χ2n) is 3.77. The van der Waals surface area contributed by atoms with Crippen LogP contribution in [-0.2, 0) is 9.53 Å². The second-order valence-corrected chi connectivity index (χ2v) is 3.77. The van der Waals surface area contributed by atoms with Gasteiger partial charge in [0.05, 0.1) is 6.04 Å². The van der Waals surface area contributed by atoms with Crippen LogP contribution in [0.1, 0.15) is 25.5 Å². The molecule has 3 nitrogen and oxygen atoms in total. The summed E-state index contributed by atoms with van der Waals surface area (Å²) in [5.74, 6) is -1.67. The molecule has 1 amide bonds. The summed E-state index contributed by atoms with van der Waals surface area (Å²) in [5.41, 5.74) is 0.239. The molecule has 1 aromatic carbocycles. The predicted molar refractivity (Wildman–Crippen MR) is 59.4 cm³/mol. The van der Waals surface area contributed by atoms with Crippen LogP contribution in [0, 0.1) is 11.6 Å². The summed E-state index contributed by atoms with van der Waals surface area (Å²) in [4.78, 5) is 11.5. The second kappa shape index (κ2) is 5.72. The maximum atomic E-state index is 13.4. The first-order valence-electron chi connectivity index (χ1n) is 5.23. The molecule has 0 saturated heterocycles.